The van der Waals surface area contributed by atoms with Crippen molar-refractivity contribution in [2.45, 2.75) is 25.9 Å². The van der Waals surface area contributed by atoms with Gasteiger partial charge in [0.05, 0.1) is 5.56 Å². The van der Waals surface area contributed by atoms with Crippen LogP contribution in [-0.2, 0) is 11.0 Å². The van der Waals surface area contributed by atoms with Crippen LogP contribution in [0.5, 0.6) is 5.75 Å². The maximum absolute atomic E-state index is 12.5. The first-order valence-corrected chi connectivity index (χ1v) is 7.45. The van der Waals surface area contributed by atoms with E-state index in [-0.39, 0.29) is 12.3 Å². The minimum Gasteiger partial charge on any atom is -0.484 e. The number of hydrogen-bond acceptors (Lipinski definition) is 2. The molecule has 0 radical (unpaired) electrons. The standard InChI is InChI=1S/C18H18F3NO2/c1-12(2)13-3-9-16(10-4-13)24-11-17(23)22-15-7-5-14(6-8-15)18(19,20)21/h3-10,12H,11H2,1-2H3,(H,22,23). The number of anilines is 1. The molecule has 2 aromatic rings. The summed E-state index contributed by atoms with van der Waals surface area (Å²) in [6.45, 7) is 3.93. The second-order valence-electron chi connectivity index (χ2n) is 5.64. The number of carbonyl (C=O) groups excluding carboxylic acids is 1. The molecule has 1 N–H and O–H groups in total. The first-order chi connectivity index (χ1) is 11.3. The number of benzene rings is 2. The highest BCUT2D eigenvalue weighted by Gasteiger charge is 2.29. The Morgan fingerprint density at radius 2 is 1.62 bits per heavy atom. The molecule has 0 aliphatic rings. The molecule has 0 atom stereocenters. The van der Waals surface area contributed by atoms with Crippen LogP contribution in [0.3, 0.4) is 0 Å². The lowest BCUT2D eigenvalue weighted by Crippen LogP contribution is -2.20. The third-order valence-corrected chi connectivity index (χ3v) is 3.41. The van der Waals surface area contributed by atoms with Crippen LogP contribution in [0.15, 0.2) is 48.5 Å². The van der Waals surface area contributed by atoms with Gasteiger partial charge in [-0.1, -0.05) is 26.0 Å². The Morgan fingerprint density at radius 1 is 1.04 bits per heavy atom. The highest BCUT2D eigenvalue weighted by Crippen LogP contribution is 2.29. The predicted octanol–water partition coefficient (Wildman–Crippen LogP) is 4.85. The molecule has 2 aromatic carbocycles. The molecule has 1 amide bonds. The van der Waals surface area contributed by atoms with Crippen molar-refractivity contribution < 1.29 is 22.7 Å². The summed E-state index contributed by atoms with van der Waals surface area (Å²) in [6, 6.07) is 11.7. The maximum atomic E-state index is 12.5. The zero-order valence-electron chi connectivity index (χ0n) is 13.4. The van der Waals surface area contributed by atoms with Crippen molar-refractivity contribution in [1.29, 1.82) is 0 Å². The van der Waals surface area contributed by atoms with Gasteiger partial charge in [-0.2, -0.15) is 13.2 Å². The average Bonchev–Trinajstić information content (AvgIpc) is 2.53. The van der Waals surface area contributed by atoms with E-state index in [1.165, 1.54) is 12.1 Å². The third kappa shape index (κ3) is 5.01. The molecule has 0 fully saturated rings. The lowest BCUT2D eigenvalue weighted by atomic mass is 10.0. The van der Waals surface area contributed by atoms with Crippen molar-refractivity contribution in [2.24, 2.45) is 0 Å². The highest BCUT2D eigenvalue weighted by atomic mass is 19.4. The Bertz CT molecular complexity index is 677. The molecule has 2 rings (SSSR count). The van der Waals surface area contributed by atoms with E-state index in [9.17, 15) is 18.0 Å². The molecule has 0 aromatic heterocycles. The monoisotopic (exact) mass is 337 g/mol. The zero-order chi connectivity index (χ0) is 17.7. The predicted molar refractivity (Wildman–Crippen MR) is 86.1 cm³/mol. The van der Waals surface area contributed by atoms with Gasteiger partial charge in [0.15, 0.2) is 6.61 Å². The molecule has 3 nitrogen and oxygen atoms in total. The first-order valence-electron chi connectivity index (χ1n) is 7.45. The topological polar surface area (TPSA) is 38.3 Å². The van der Waals surface area contributed by atoms with Crippen LogP contribution in [0.4, 0.5) is 18.9 Å². The van der Waals surface area contributed by atoms with Gasteiger partial charge in [-0.3, -0.25) is 4.79 Å². The van der Waals surface area contributed by atoms with Gasteiger partial charge >= 0.3 is 6.18 Å². The summed E-state index contributed by atoms with van der Waals surface area (Å²) in [5.41, 5.74) is 0.685. The summed E-state index contributed by atoms with van der Waals surface area (Å²) in [4.78, 5) is 11.8. The number of ether oxygens (including phenoxy) is 1. The van der Waals surface area contributed by atoms with Crippen LogP contribution in [0.25, 0.3) is 0 Å². The molecule has 24 heavy (non-hydrogen) atoms. The van der Waals surface area contributed by atoms with Gasteiger partial charge in [0, 0.05) is 5.69 Å². The van der Waals surface area contributed by atoms with Crippen LogP contribution < -0.4 is 10.1 Å². The fraction of sp³-hybridized carbons (Fsp3) is 0.278. The Balaban J connectivity index is 1.87. The van der Waals surface area contributed by atoms with E-state index in [2.05, 4.69) is 19.2 Å². The zero-order valence-corrected chi connectivity index (χ0v) is 13.4. The number of carbonyl (C=O) groups is 1. The van der Waals surface area contributed by atoms with Gasteiger partial charge in [0.2, 0.25) is 0 Å². The molecule has 0 heterocycles. The summed E-state index contributed by atoms with van der Waals surface area (Å²) < 4.78 is 42.7. The summed E-state index contributed by atoms with van der Waals surface area (Å²) in [7, 11) is 0. The summed E-state index contributed by atoms with van der Waals surface area (Å²) >= 11 is 0. The molecular formula is C18H18F3NO2. The summed E-state index contributed by atoms with van der Waals surface area (Å²) in [5.74, 6) is 0.520. The second-order valence-corrected chi connectivity index (χ2v) is 5.64. The van der Waals surface area contributed by atoms with Crippen molar-refractivity contribution in [3.8, 4) is 5.75 Å². The Hall–Kier alpha value is -2.50. The number of amides is 1. The SMILES string of the molecule is CC(C)c1ccc(OCC(=O)Nc2ccc(C(F)(F)F)cc2)cc1. The van der Waals surface area contributed by atoms with Gasteiger partial charge in [-0.15, -0.1) is 0 Å². The molecule has 128 valence electrons. The Kier molecular flexibility index (Phi) is 5.49. The van der Waals surface area contributed by atoms with Crippen molar-refractivity contribution >= 4 is 11.6 Å². The fourth-order valence-electron chi connectivity index (χ4n) is 2.04. The van der Waals surface area contributed by atoms with Crippen LogP contribution >= 0.6 is 0 Å². The molecule has 0 bridgehead atoms. The molecule has 0 spiro atoms. The third-order valence-electron chi connectivity index (χ3n) is 3.41. The van der Waals surface area contributed by atoms with Crippen LogP contribution in [0.2, 0.25) is 0 Å². The van der Waals surface area contributed by atoms with Gasteiger partial charge in [-0.05, 0) is 47.9 Å². The van der Waals surface area contributed by atoms with E-state index in [0.29, 0.717) is 11.7 Å². The Labute approximate surface area is 138 Å². The number of halogens is 3. The van der Waals surface area contributed by atoms with E-state index in [1.54, 1.807) is 12.1 Å². The lowest BCUT2D eigenvalue weighted by molar-refractivity contribution is -0.137. The average molecular weight is 337 g/mol. The summed E-state index contributed by atoms with van der Waals surface area (Å²) in [5, 5.41) is 2.49. The van der Waals surface area contributed by atoms with Gasteiger partial charge in [0.25, 0.3) is 5.91 Å². The molecule has 0 aliphatic heterocycles. The smallest absolute Gasteiger partial charge is 0.416 e. The first kappa shape index (κ1) is 17.8. The highest BCUT2D eigenvalue weighted by molar-refractivity contribution is 5.91. The number of hydrogen-bond donors (Lipinski definition) is 1. The molecule has 0 aliphatic carbocycles. The molecule has 0 unspecified atom stereocenters. The Morgan fingerprint density at radius 3 is 2.12 bits per heavy atom. The number of alkyl halides is 3. The lowest BCUT2D eigenvalue weighted by Gasteiger charge is -2.10. The quantitative estimate of drug-likeness (QED) is 0.847. The van der Waals surface area contributed by atoms with Gasteiger partial charge < -0.3 is 10.1 Å². The number of nitrogens with one attached hydrogen (secondary N) is 1. The van der Waals surface area contributed by atoms with Crippen LogP contribution in [0.1, 0.15) is 30.9 Å². The van der Waals surface area contributed by atoms with Crippen LogP contribution in [-0.4, -0.2) is 12.5 Å². The van der Waals surface area contributed by atoms with Crippen molar-refractivity contribution in [3.63, 3.8) is 0 Å². The molecule has 0 saturated carbocycles. The van der Waals surface area contributed by atoms with Gasteiger partial charge in [0.1, 0.15) is 5.75 Å². The van der Waals surface area contributed by atoms with Crippen molar-refractivity contribution in [3.05, 3.63) is 59.7 Å². The van der Waals surface area contributed by atoms with E-state index in [1.807, 2.05) is 12.1 Å². The minimum atomic E-state index is -4.40. The fourth-order valence-corrected chi connectivity index (χ4v) is 2.04. The molecular weight excluding hydrogens is 319 g/mol. The molecule has 6 heteroatoms. The number of rotatable bonds is 5. The van der Waals surface area contributed by atoms with Crippen LogP contribution in [0, 0.1) is 0 Å². The van der Waals surface area contributed by atoms with E-state index in [4.69, 9.17) is 4.74 Å². The minimum absolute atomic E-state index is 0.220. The van der Waals surface area contributed by atoms with E-state index >= 15 is 0 Å². The van der Waals surface area contributed by atoms with Gasteiger partial charge in [-0.25, -0.2) is 0 Å². The molecule has 0 saturated heterocycles. The summed E-state index contributed by atoms with van der Waals surface area (Å²) in [6.07, 6.45) is -4.40. The largest absolute Gasteiger partial charge is 0.484 e. The second kappa shape index (κ2) is 7.38. The van der Waals surface area contributed by atoms with E-state index < -0.39 is 17.6 Å². The van der Waals surface area contributed by atoms with E-state index in [0.717, 1.165) is 17.7 Å². The van der Waals surface area contributed by atoms with Crippen molar-refractivity contribution in [1.82, 2.24) is 0 Å². The van der Waals surface area contributed by atoms with Crippen molar-refractivity contribution in [2.75, 3.05) is 11.9 Å². The maximum Gasteiger partial charge on any atom is 0.416 e. The normalized spacial score (nSPS) is 11.4.